The van der Waals surface area contributed by atoms with Gasteiger partial charge in [-0.3, -0.25) is 0 Å². The van der Waals surface area contributed by atoms with Crippen molar-refractivity contribution in [2.75, 3.05) is 14.2 Å². The first-order chi connectivity index (χ1) is 6.19. The van der Waals surface area contributed by atoms with Gasteiger partial charge in [-0.25, -0.2) is 0 Å². The van der Waals surface area contributed by atoms with Crippen LogP contribution in [0, 0.1) is 5.41 Å². The van der Waals surface area contributed by atoms with E-state index in [9.17, 15) is 0 Å². The zero-order chi connectivity index (χ0) is 9.84. The molecule has 0 heterocycles. The predicted octanol–water partition coefficient (Wildman–Crippen LogP) is 1.93. The quantitative estimate of drug-likeness (QED) is 0.778. The Morgan fingerprint density at radius 2 is 2.23 bits per heavy atom. The van der Waals surface area contributed by atoms with Crippen LogP contribution < -0.4 is 5.32 Å². The Hall–Kier alpha value is -1.03. The average Bonchev–Trinajstić information content (AvgIpc) is 2.11. The summed E-state index contributed by atoms with van der Waals surface area (Å²) in [7, 11) is 3.39. The van der Waals surface area contributed by atoms with Gasteiger partial charge in [0.1, 0.15) is 5.76 Å². The van der Waals surface area contributed by atoms with Crippen LogP contribution in [0.4, 0.5) is 0 Å². The van der Waals surface area contributed by atoms with Gasteiger partial charge in [0, 0.05) is 24.9 Å². The lowest BCUT2D eigenvalue weighted by molar-refractivity contribution is 0.306. The van der Waals surface area contributed by atoms with E-state index >= 15 is 0 Å². The monoisotopic (exact) mass is 242 g/mol. The number of rotatable bonds is 2. The number of halogens is 1. The molecule has 0 saturated heterocycles. The average molecular weight is 243 g/mol. The molecule has 0 aliphatic heterocycles. The molecule has 0 bridgehead atoms. The van der Waals surface area contributed by atoms with E-state index in [0.717, 1.165) is 10.1 Å². The van der Waals surface area contributed by atoms with E-state index < -0.39 is 0 Å². The van der Waals surface area contributed by atoms with Crippen molar-refractivity contribution in [2.24, 2.45) is 0 Å². The largest absolute Gasteiger partial charge is 0.495 e. The summed E-state index contributed by atoms with van der Waals surface area (Å²) in [5, 5.41) is 10.5. The Morgan fingerprint density at radius 1 is 1.54 bits per heavy atom. The fourth-order valence-corrected chi connectivity index (χ4v) is 1.52. The molecule has 0 radical (unpaired) electrons. The molecule has 1 aliphatic rings. The van der Waals surface area contributed by atoms with Gasteiger partial charge in [0.15, 0.2) is 0 Å². The predicted molar refractivity (Wildman–Crippen MR) is 57.0 cm³/mol. The lowest BCUT2D eigenvalue weighted by Gasteiger charge is -2.12. The maximum atomic E-state index is 7.64. The Labute approximate surface area is 85.8 Å². The molecule has 70 valence electrons. The second-order valence-electron chi connectivity index (χ2n) is 2.51. The molecule has 3 nitrogen and oxygen atoms in total. The fourth-order valence-electron chi connectivity index (χ4n) is 1.00. The highest BCUT2D eigenvalue weighted by Gasteiger charge is 2.12. The van der Waals surface area contributed by atoms with Crippen molar-refractivity contribution >= 4 is 21.6 Å². The van der Waals surface area contributed by atoms with E-state index in [2.05, 4.69) is 21.2 Å². The standard InChI is InChI=1S/C9H11BrN2O/c1-12-5-6-3-7(10)9(13-2)4-8(6)11/h3-5,11-12H,1-2H3/b6-5-,11-8?. The van der Waals surface area contributed by atoms with Gasteiger partial charge in [0.05, 0.1) is 17.3 Å². The van der Waals surface area contributed by atoms with Crippen molar-refractivity contribution in [3.8, 4) is 0 Å². The second-order valence-corrected chi connectivity index (χ2v) is 3.36. The number of methoxy groups -OCH3 is 1. The van der Waals surface area contributed by atoms with E-state index in [1.807, 2.05) is 6.08 Å². The topological polar surface area (TPSA) is 45.1 Å². The van der Waals surface area contributed by atoms with Crippen molar-refractivity contribution in [2.45, 2.75) is 0 Å². The molecule has 4 heteroatoms. The van der Waals surface area contributed by atoms with Crippen LogP contribution in [0.5, 0.6) is 0 Å². The number of allylic oxidation sites excluding steroid dienone is 4. The lowest BCUT2D eigenvalue weighted by Crippen LogP contribution is -2.08. The SMILES string of the molecule is CN/C=C1/C=C(Br)C(OC)=CC1=N. The number of hydrogen-bond donors (Lipinski definition) is 2. The molecule has 13 heavy (non-hydrogen) atoms. The maximum absolute atomic E-state index is 7.64. The Morgan fingerprint density at radius 3 is 2.77 bits per heavy atom. The van der Waals surface area contributed by atoms with Crippen LogP contribution in [-0.4, -0.2) is 19.9 Å². The van der Waals surface area contributed by atoms with Crippen LogP contribution >= 0.6 is 15.9 Å². The summed E-state index contributed by atoms with van der Waals surface area (Å²) in [6.07, 6.45) is 5.29. The number of hydrogen-bond acceptors (Lipinski definition) is 3. The zero-order valence-corrected chi connectivity index (χ0v) is 9.10. The van der Waals surface area contributed by atoms with Gasteiger partial charge in [-0.15, -0.1) is 0 Å². The van der Waals surface area contributed by atoms with Crippen molar-refractivity contribution in [3.05, 3.63) is 34.2 Å². The summed E-state index contributed by atoms with van der Waals surface area (Å²) >= 11 is 3.36. The molecule has 0 saturated carbocycles. The summed E-state index contributed by atoms with van der Waals surface area (Å²) in [5.74, 6) is 0.679. The summed E-state index contributed by atoms with van der Waals surface area (Å²) in [5.41, 5.74) is 1.27. The van der Waals surface area contributed by atoms with Crippen molar-refractivity contribution < 1.29 is 4.74 Å². The van der Waals surface area contributed by atoms with Crippen LogP contribution in [-0.2, 0) is 4.74 Å². The zero-order valence-electron chi connectivity index (χ0n) is 7.52. The van der Waals surface area contributed by atoms with Crippen LogP contribution in [0.1, 0.15) is 0 Å². The van der Waals surface area contributed by atoms with Gasteiger partial charge in [0.25, 0.3) is 0 Å². The number of ether oxygens (including phenoxy) is 1. The molecule has 0 spiro atoms. The lowest BCUT2D eigenvalue weighted by atomic mass is 10.1. The molecule has 0 aromatic carbocycles. The molecule has 0 aromatic heterocycles. The smallest absolute Gasteiger partial charge is 0.135 e. The van der Waals surface area contributed by atoms with Gasteiger partial charge in [-0.1, -0.05) is 0 Å². The molecular weight excluding hydrogens is 232 g/mol. The molecular formula is C9H11BrN2O. The van der Waals surface area contributed by atoms with E-state index in [1.165, 1.54) is 0 Å². The van der Waals surface area contributed by atoms with E-state index in [4.69, 9.17) is 10.1 Å². The third kappa shape index (κ3) is 2.21. The van der Waals surface area contributed by atoms with Crippen LogP contribution in [0.15, 0.2) is 34.2 Å². The van der Waals surface area contributed by atoms with Crippen LogP contribution in [0.3, 0.4) is 0 Å². The highest BCUT2D eigenvalue weighted by molar-refractivity contribution is 9.12. The summed E-state index contributed by atoms with van der Waals surface area (Å²) in [6.45, 7) is 0. The summed E-state index contributed by atoms with van der Waals surface area (Å²) in [6, 6.07) is 0. The van der Waals surface area contributed by atoms with Crippen molar-refractivity contribution in [1.29, 1.82) is 5.41 Å². The molecule has 0 amide bonds. The van der Waals surface area contributed by atoms with Gasteiger partial charge in [-0.2, -0.15) is 0 Å². The molecule has 1 aliphatic carbocycles. The first kappa shape index (κ1) is 10.1. The first-order valence-electron chi connectivity index (χ1n) is 3.78. The van der Waals surface area contributed by atoms with E-state index in [1.54, 1.807) is 26.4 Å². The highest BCUT2D eigenvalue weighted by Crippen LogP contribution is 2.25. The minimum Gasteiger partial charge on any atom is -0.495 e. The van der Waals surface area contributed by atoms with Crippen molar-refractivity contribution in [1.82, 2.24) is 5.32 Å². The second kappa shape index (κ2) is 4.28. The number of nitrogens with one attached hydrogen (secondary N) is 2. The summed E-state index contributed by atoms with van der Waals surface area (Å²) < 4.78 is 5.91. The Bertz CT molecular complexity index is 316. The minimum atomic E-state index is 0.439. The summed E-state index contributed by atoms with van der Waals surface area (Å²) in [4.78, 5) is 0. The van der Waals surface area contributed by atoms with Crippen LogP contribution in [0.2, 0.25) is 0 Å². The van der Waals surface area contributed by atoms with Crippen LogP contribution in [0.25, 0.3) is 0 Å². The van der Waals surface area contributed by atoms with Gasteiger partial charge in [0.2, 0.25) is 0 Å². The third-order valence-electron chi connectivity index (χ3n) is 1.62. The molecule has 2 N–H and O–H groups in total. The van der Waals surface area contributed by atoms with Gasteiger partial charge in [-0.05, 0) is 22.0 Å². The Balaban J connectivity index is 2.98. The van der Waals surface area contributed by atoms with Crippen molar-refractivity contribution in [3.63, 3.8) is 0 Å². The normalized spacial score (nSPS) is 19.6. The van der Waals surface area contributed by atoms with Gasteiger partial charge < -0.3 is 15.5 Å². The molecule has 0 unspecified atom stereocenters. The third-order valence-corrected chi connectivity index (χ3v) is 2.24. The highest BCUT2D eigenvalue weighted by atomic mass is 79.9. The molecule has 0 atom stereocenters. The molecule has 1 rings (SSSR count). The van der Waals surface area contributed by atoms with Gasteiger partial charge >= 0.3 is 0 Å². The molecule has 0 aromatic rings. The van der Waals surface area contributed by atoms with E-state index in [-0.39, 0.29) is 0 Å². The van der Waals surface area contributed by atoms with E-state index in [0.29, 0.717) is 11.5 Å². The first-order valence-corrected chi connectivity index (χ1v) is 4.58. The minimum absolute atomic E-state index is 0.439. The molecule has 0 fully saturated rings. The maximum Gasteiger partial charge on any atom is 0.135 e. The Kier molecular flexibility index (Phi) is 3.31. The fraction of sp³-hybridized carbons (Fsp3) is 0.222.